The molecule has 0 aromatic heterocycles. The maximum Gasteiger partial charge on any atom is 0.364 e. The number of hydrogen-bond donors (Lipinski definition) is 1. The minimum Gasteiger partial charge on any atom is -0.476 e. The molecule has 0 unspecified atom stereocenters. The van der Waals surface area contributed by atoms with E-state index in [0.29, 0.717) is 0 Å². The van der Waals surface area contributed by atoms with E-state index in [1.54, 1.807) is 13.8 Å². The molecule has 0 spiro atoms. The van der Waals surface area contributed by atoms with Gasteiger partial charge in [0.2, 0.25) is 5.83 Å². The van der Waals surface area contributed by atoms with Crippen LogP contribution in [0.5, 0.6) is 0 Å². The lowest BCUT2D eigenvalue weighted by atomic mass is 10.2. The molecule has 0 amide bonds. The van der Waals surface area contributed by atoms with E-state index in [9.17, 15) is 9.18 Å². The number of rotatable bonds is 2. The van der Waals surface area contributed by atoms with Crippen LogP contribution in [-0.4, -0.2) is 11.1 Å². The molecule has 0 heterocycles. The standard InChI is InChI=1S/C6H9FO2/c1-4(2)3-5(7)6(8)9/h3-4H,1-2H3,(H,8,9). The molecule has 0 bridgehead atoms. The maximum atomic E-state index is 12.0. The first-order valence-electron chi connectivity index (χ1n) is 2.64. The van der Waals surface area contributed by atoms with Gasteiger partial charge in [-0.25, -0.2) is 4.79 Å². The first-order chi connectivity index (χ1) is 4.04. The highest BCUT2D eigenvalue weighted by Crippen LogP contribution is 2.02. The molecule has 0 rings (SSSR count). The van der Waals surface area contributed by atoms with E-state index in [4.69, 9.17) is 5.11 Å². The van der Waals surface area contributed by atoms with Crippen LogP contribution in [0.1, 0.15) is 13.8 Å². The number of aliphatic carboxylic acids is 1. The van der Waals surface area contributed by atoms with Crippen LogP contribution in [0.25, 0.3) is 0 Å². The number of carbonyl (C=O) groups is 1. The van der Waals surface area contributed by atoms with Crippen molar-refractivity contribution in [3.8, 4) is 0 Å². The van der Waals surface area contributed by atoms with E-state index in [2.05, 4.69) is 0 Å². The summed E-state index contributed by atoms with van der Waals surface area (Å²) in [6.07, 6.45) is 1.06. The summed E-state index contributed by atoms with van der Waals surface area (Å²) in [5.41, 5.74) is 0. The van der Waals surface area contributed by atoms with Gasteiger partial charge in [0.25, 0.3) is 0 Å². The van der Waals surface area contributed by atoms with E-state index in [1.807, 2.05) is 0 Å². The Morgan fingerprint density at radius 3 is 2.22 bits per heavy atom. The summed E-state index contributed by atoms with van der Waals surface area (Å²) >= 11 is 0. The summed E-state index contributed by atoms with van der Waals surface area (Å²) in [6.45, 7) is 3.42. The van der Waals surface area contributed by atoms with Gasteiger partial charge in [-0.05, 0) is 12.0 Å². The zero-order valence-corrected chi connectivity index (χ0v) is 5.39. The molecule has 0 aliphatic heterocycles. The molecule has 9 heavy (non-hydrogen) atoms. The third-order valence-corrected chi connectivity index (χ3v) is 0.684. The van der Waals surface area contributed by atoms with E-state index in [1.165, 1.54) is 0 Å². The van der Waals surface area contributed by atoms with Gasteiger partial charge >= 0.3 is 5.97 Å². The highest BCUT2D eigenvalue weighted by molar-refractivity contribution is 5.83. The second-order valence-corrected chi connectivity index (χ2v) is 2.06. The predicted molar refractivity (Wildman–Crippen MR) is 31.7 cm³/mol. The van der Waals surface area contributed by atoms with Crippen LogP contribution >= 0.6 is 0 Å². The summed E-state index contributed by atoms with van der Waals surface area (Å²) in [7, 11) is 0. The topological polar surface area (TPSA) is 37.3 Å². The highest BCUT2D eigenvalue weighted by Gasteiger charge is 2.04. The van der Waals surface area contributed by atoms with E-state index < -0.39 is 11.8 Å². The van der Waals surface area contributed by atoms with Crippen LogP contribution in [-0.2, 0) is 4.79 Å². The lowest BCUT2D eigenvalue weighted by Crippen LogP contribution is -1.96. The molecule has 0 radical (unpaired) electrons. The quantitative estimate of drug-likeness (QED) is 0.579. The van der Waals surface area contributed by atoms with Gasteiger partial charge in [0.05, 0.1) is 0 Å². The van der Waals surface area contributed by atoms with Crippen molar-refractivity contribution >= 4 is 5.97 Å². The van der Waals surface area contributed by atoms with Gasteiger partial charge in [-0.2, -0.15) is 4.39 Å². The Morgan fingerprint density at radius 2 is 2.11 bits per heavy atom. The monoisotopic (exact) mass is 132 g/mol. The molecule has 0 fully saturated rings. The van der Waals surface area contributed by atoms with E-state index in [-0.39, 0.29) is 5.92 Å². The van der Waals surface area contributed by atoms with Crippen LogP contribution < -0.4 is 0 Å². The average molecular weight is 132 g/mol. The normalized spacial score (nSPS) is 12.2. The summed E-state index contributed by atoms with van der Waals surface area (Å²) in [5, 5.41) is 7.99. The molecule has 52 valence electrons. The second kappa shape index (κ2) is 3.22. The van der Waals surface area contributed by atoms with Gasteiger partial charge < -0.3 is 5.11 Å². The molecule has 0 aliphatic rings. The molecular formula is C6H9FO2. The lowest BCUT2D eigenvalue weighted by molar-refractivity contribution is -0.134. The molecule has 1 N–H and O–H groups in total. The van der Waals surface area contributed by atoms with Crippen molar-refractivity contribution in [3.05, 3.63) is 11.9 Å². The Balaban J connectivity index is 4.00. The zero-order valence-electron chi connectivity index (χ0n) is 5.39. The number of halogens is 1. The van der Waals surface area contributed by atoms with Crippen molar-refractivity contribution in [2.24, 2.45) is 5.92 Å². The van der Waals surface area contributed by atoms with Crippen molar-refractivity contribution in [3.63, 3.8) is 0 Å². The summed E-state index contributed by atoms with van der Waals surface area (Å²) in [6, 6.07) is 0. The average Bonchev–Trinajstić information content (AvgIpc) is 1.63. The largest absolute Gasteiger partial charge is 0.476 e. The Bertz CT molecular complexity index is 138. The van der Waals surface area contributed by atoms with Gasteiger partial charge in [0, 0.05) is 0 Å². The molecule has 0 aliphatic carbocycles. The van der Waals surface area contributed by atoms with Gasteiger partial charge in [-0.3, -0.25) is 0 Å². The number of carboxylic acid groups (broad SMARTS) is 1. The SMILES string of the molecule is CC(C)C=C(F)C(=O)O. The smallest absolute Gasteiger partial charge is 0.364 e. The molecular weight excluding hydrogens is 123 g/mol. The number of carboxylic acids is 1. The van der Waals surface area contributed by atoms with Gasteiger partial charge in [-0.1, -0.05) is 13.8 Å². The lowest BCUT2D eigenvalue weighted by Gasteiger charge is -1.92. The van der Waals surface area contributed by atoms with Crippen molar-refractivity contribution in [2.75, 3.05) is 0 Å². The predicted octanol–water partition coefficient (Wildman–Crippen LogP) is 1.58. The van der Waals surface area contributed by atoms with Crippen LogP contribution in [0.3, 0.4) is 0 Å². The molecule has 0 saturated heterocycles. The summed E-state index contributed by atoms with van der Waals surface area (Å²) in [4.78, 5) is 9.79. The van der Waals surface area contributed by atoms with Crippen LogP contribution in [0, 0.1) is 5.92 Å². The molecule has 3 heteroatoms. The van der Waals surface area contributed by atoms with E-state index in [0.717, 1.165) is 6.08 Å². The molecule has 2 nitrogen and oxygen atoms in total. The minimum atomic E-state index is -1.50. The van der Waals surface area contributed by atoms with Crippen LogP contribution in [0.4, 0.5) is 4.39 Å². The van der Waals surface area contributed by atoms with Gasteiger partial charge in [0.1, 0.15) is 0 Å². The number of hydrogen-bond acceptors (Lipinski definition) is 1. The molecule has 0 aromatic carbocycles. The minimum absolute atomic E-state index is 0.0545. The summed E-state index contributed by atoms with van der Waals surface area (Å²) in [5.74, 6) is -2.63. The molecule has 0 aromatic rings. The van der Waals surface area contributed by atoms with Crippen molar-refractivity contribution < 1.29 is 14.3 Å². The van der Waals surface area contributed by atoms with Crippen LogP contribution in [0.15, 0.2) is 11.9 Å². The fourth-order valence-corrected chi connectivity index (χ4v) is 0.364. The fraction of sp³-hybridized carbons (Fsp3) is 0.500. The van der Waals surface area contributed by atoms with Gasteiger partial charge in [0.15, 0.2) is 0 Å². The first kappa shape index (κ1) is 8.14. The highest BCUT2D eigenvalue weighted by atomic mass is 19.1. The van der Waals surface area contributed by atoms with Crippen molar-refractivity contribution in [1.29, 1.82) is 0 Å². The third-order valence-electron chi connectivity index (χ3n) is 0.684. The fourth-order valence-electron chi connectivity index (χ4n) is 0.364. The third kappa shape index (κ3) is 3.70. The van der Waals surface area contributed by atoms with Gasteiger partial charge in [-0.15, -0.1) is 0 Å². The Kier molecular flexibility index (Phi) is 2.91. The Hall–Kier alpha value is -0.860. The summed E-state index contributed by atoms with van der Waals surface area (Å²) < 4.78 is 12.0. The second-order valence-electron chi connectivity index (χ2n) is 2.06. The maximum absolute atomic E-state index is 12.0. The van der Waals surface area contributed by atoms with Crippen molar-refractivity contribution in [1.82, 2.24) is 0 Å². The first-order valence-corrected chi connectivity index (χ1v) is 2.64. The molecule has 0 saturated carbocycles. The van der Waals surface area contributed by atoms with E-state index >= 15 is 0 Å². The van der Waals surface area contributed by atoms with Crippen LogP contribution in [0.2, 0.25) is 0 Å². The zero-order chi connectivity index (χ0) is 7.44. The number of allylic oxidation sites excluding steroid dienone is 1. The Labute approximate surface area is 53.0 Å². The van der Waals surface area contributed by atoms with Crippen molar-refractivity contribution in [2.45, 2.75) is 13.8 Å². The Morgan fingerprint density at radius 1 is 1.67 bits per heavy atom. The molecule has 0 atom stereocenters.